The van der Waals surface area contributed by atoms with Gasteiger partial charge >= 0.3 is 5.69 Å². The van der Waals surface area contributed by atoms with Gasteiger partial charge in [0.1, 0.15) is 0 Å². The highest BCUT2D eigenvalue weighted by molar-refractivity contribution is 7.22. The maximum Gasteiger partial charge on any atom is 0.328 e. The zero-order valence-electron chi connectivity index (χ0n) is 13.8. The topological polar surface area (TPSA) is 96.8 Å². The molecule has 0 saturated carbocycles. The average molecular weight is 366 g/mol. The second kappa shape index (κ2) is 6.23. The van der Waals surface area contributed by atoms with Crippen molar-refractivity contribution in [3.63, 3.8) is 0 Å². The van der Waals surface area contributed by atoms with Crippen molar-refractivity contribution in [2.24, 2.45) is 0 Å². The molecule has 4 aromatic rings. The van der Waals surface area contributed by atoms with Crippen molar-refractivity contribution >= 4 is 43.5 Å². The molecular formula is C18H14N4O3S. The number of nitrogens with one attached hydrogen (secondary N) is 2. The van der Waals surface area contributed by atoms with Crippen molar-refractivity contribution in [2.75, 3.05) is 5.32 Å². The van der Waals surface area contributed by atoms with Crippen LogP contribution < -0.4 is 16.6 Å². The Morgan fingerprint density at radius 2 is 2.04 bits per heavy atom. The molecule has 0 saturated heterocycles. The summed E-state index contributed by atoms with van der Waals surface area (Å²) in [5.41, 5.74) is 0.622. The van der Waals surface area contributed by atoms with Gasteiger partial charge in [0.15, 0.2) is 5.13 Å². The Morgan fingerprint density at radius 3 is 2.81 bits per heavy atom. The molecule has 7 nitrogen and oxygen atoms in total. The summed E-state index contributed by atoms with van der Waals surface area (Å²) < 4.78 is 2.09. The minimum absolute atomic E-state index is 0.282. The van der Waals surface area contributed by atoms with E-state index in [0.717, 1.165) is 14.8 Å². The summed E-state index contributed by atoms with van der Waals surface area (Å²) in [6, 6.07) is 12.2. The first-order chi connectivity index (χ1) is 12.6. The summed E-state index contributed by atoms with van der Waals surface area (Å²) in [6.45, 7) is 2.01. The zero-order valence-corrected chi connectivity index (χ0v) is 14.6. The van der Waals surface area contributed by atoms with E-state index in [0.29, 0.717) is 21.6 Å². The molecule has 0 radical (unpaired) electrons. The first kappa shape index (κ1) is 16.2. The summed E-state index contributed by atoms with van der Waals surface area (Å²) >= 11 is 1.38. The third-order valence-corrected chi connectivity index (χ3v) is 5.03. The quantitative estimate of drug-likeness (QED) is 0.582. The molecule has 2 aromatic heterocycles. The number of anilines is 1. The van der Waals surface area contributed by atoms with Gasteiger partial charge in [0.2, 0.25) is 0 Å². The van der Waals surface area contributed by atoms with Crippen molar-refractivity contribution in [1.29, 1.82) is 0 Å². The molecule has 0 atom stereocenters. The predicted octanol–water partition coefficient (Wildman–Crippen LogP) is 2.57. The molecule has 130 valence electrons. The van der Waals surface area contributed by atoms with Crippen LogP contribution in [0.15, 0.2) is 52.1 Å². The van der Waals surface area contributed by atoms with Crippen LogP contribution in [0.3, 0.4) is 0 Å². The van der Waals surface area contributed by atoms with Gasteiger partial charge in [0, 0.05) is 12.1 Å². The Hall–Kier alpha value is -3.26. The second-order valence-corrected chi connectivity index (χ2v) is 6.71. The van der Waals surface area contributed by atoms with Crippen LogP contribution in [0.2, 0.25) is 0 Å². The van der Waals surface area contributed by atoms with Gasteiger partial charge in [0.25, 0.3) is 11.5 Å². The number of rotatable bonds is 3. The molecule has 2 N–H and O–H groups in total. The fourth-order valence-corrected chi connectivity index (χ4v) is 3.64. The van der Waals surface area contributed by atoms with Crippen molar-refractivity contribution in [2.45, 2.75) is 13.5 Å². The minimum atomic E-state index is -0.492. The number of hydrogen-bond donors (Lipinski definition) is 2. The highest BCUT2D eigenvalue weighted by Crippen LogP contribution is 2.25. The fraction of sp³-hybridized carbons (Fsp3) is 0.111. The molecule has 4 rings (SSSR count). The van der Waals surface area contributed by atoms with E-state index in [9.17, 15) is 14.4 Å². The lowest BCUT2D eigenvalue weighted by Gasteiger charge is -2.06. The lowest BCUT2D eigenvalue weighted by atomic mass is 10.1. The maximum atomic E-state index is 12.5. The third-order valence-electron chi connectivity index (χ3n) is 4.07. The molecule has 0 bridgehead atoms. The second-order valence-electron chi connectivity index (χ2n) is 5.68. The van der Waals surface area contributed by atoms with E-state index in [1.165, 1.54) is 17.4 Å². The third kappa shape index (κ3) is 2.70. The van der Waals surface area contributed by atoms with Crippen molar-refractivity contribution in [3.8, 4) is 0 Å². The first-order valence-electron chi connectivity index (χ1n) is 8.00. The van der Waals surface area contributed by atoms with Crippen LogP contribution in [0.5, 0.6) is 0 Å². The summed E-state index contributed by atoms with van der Waals surface area (Å²) in [6.07, 6.45) is 0. The molecule has 0 spiro atoms. The molecule has 26 heavy (non-hydrogen) atoms. The average Bonchev–Trinajstić information content (AvgIpc) is 3.03. The van der Waals surface area contributed by atoms with Crippen LogP contribution in [0.1, 0.15) is 17.3 Å². The SMILES string of the molecule is CCn1c(=O)[nH]c2cc(C(=O)Nc3nc4ccccc4s3)ccc2c1=O. The van der Waals surface area contributed by atoms with E-state index in [4.69, 9.17) is 0 Å². The molecule has 0 fully saturated rings. The van der Waals surface area contributed by atoms with Crippen LogP contribution >= 0.6 is 11.3 Å². The first-order valence-corrected chi connectivity index (χ1v) is 8.82. The summed E-state index contributed by atoms with van der Waals surface area (Å²) in [7, 11) is 0. The molecule has 1 amide bonds. The van der Waals surface area contributed by atoms with E-state index in [1.807, 2.05) is 24.3 Å². The Labute approximate surface area is 150 Å². The molecular weight excluding hydrogens is 352 g/mol. The Bertz CT molecular complexity index is 1240. The van der Waals surface area contributed by atoms with E-state index in [2.05, 4.69) is 15.3 Å². The van der Waals surface area contributed by atoms with Crippen LogP contribution in [0.4, 0.5) is 5.13 Å². The van der Waals surface area contributed by atoms with Gasteiger partial charge in [-0.25, -0.2) is 9.78 Å². The Kier molecular flexibility index (Phi) is 3.89. The predicted molar refractivity (Wildman–Crippen MR) is 102 cm³/mol. The van der Waals surface area contributed by atoms with Crippen molar-refractivity contribution in [1.82, 2.24) is 14.5 Å². The number of thiazole rings is 1. The lowest BCUT2D eigenvalue weighted by molar-refractivity contribution is 0.102. The highest BCUT2D eigenvalue weighted by Gasteiger charge is 2.13. The van der Waals surface area contributed by atoms with Gasteiger partial charge < -0.3 is 4.98 Å². The van der Waals surface area contributed by atoms with Crippen LogP contribution in [0, 0.1) is 0 Å². The Balaban J connectivity index is 1.70. The molecule has 8 heteroatoms. The molecule has 2 heterocycles. The standard InChI is InChI=1S/C18H14N4O3S/c1-2-22-16(24)11-8-7-10(9-13(11)20-18(22)25)15(23)21-17-19-12-5-3-4-6-14(12)26-17/h3-9H,2H2,1H3,(H,20,25)(H,19,21,23). The van der Waals surface area contributed by atoms with Crippen molar-refractivity contribution in [3.05, 3.63) is 68.9 Å². The van der Waals surface area contributed by atoms with Crippen LogP contribution in [-0.4, -0.2) is 20.4 Å². The number of carbonyl (C=O) groups is 1. The van der Waals surface area contributed by atoms with Gasteiger partial charge in [-0.3, -0.25) is 19.5 Å². The van der Waals surface area contributed by atoms with E-state index in [1.54, 1.807) is 19.1 Å². The van der Waals surface area contributed by atoms with E-state index < -0.39 is 5.69 Å². The number of hydrogen-bond acceptors (Lipinski definition) is 5. The fourth-order valence-electron chi connectivity index (χ4n) is 2.78. The van der Waals surface area contributed by atoms with Gasteiger partial charge in [0.05, 0.1) is 21.1 Å². The summed E-state index contributed by atoms with van der Waals surface area (Å²) in [4.78, 5) is 43.8. The largest absolute Gasteiger partial charge is 0.328 e. The number of benzene rings is 2. The van der Waals surface area contributed by atoms with Gasteiger partial charge in [-0.1, -0.05) is 23.5 Å². The summed E-state index contributed by atoms with van der Waals surface area (Å²) in [5.74, 6) is -0.355. The molecule has 0 unspecified atom stereocenters. The van der Waals surface area contributed by atoms with Crippen LogP contribution in [0.25, 0.3) is 21.1 Å². The van der Waals surface area contributed by atoms with Crippen LogP contribution in [-0.2, 0) is 6.54 Å². The monoisotopic (exact) mass is 366 g/mol. The minimum Gasteiger partial charge on any atom is -0.307 e. The number of nitrogens with zero attached hydrogens (tertiary/aromatic N) is 2. The highest BCUT2D eigenvalue weighted by atomic mass is 32.1. The van der Waals surface area contributed by atoms with Gasteiger partial charge in [-0.2, -0.15) is 0 Å². The zero-order chi connectivity index (χ0) is 18.3. The normalized spacial score (nSPS) is 11.1. The summed E-state index contributed by atoms with van der Waals surface area (Å²) in [5, 5.41) is 3.61. The van der Waals surface area contributed by atoms with Crippen molar-refractivity contribution < 1.29 is 4.79 Å². The lowest BCUT2D eigenvalue weighted by Crippen LogP contribution is -2.34. The maximum absolute atomic E-state index is 12.5. The Morgan fingerprint density at radius 1 is 1.23 bits per heavy atom. The van der Waals surface area contributed by atoms with Gasteiger partial charge in [-0.15, -0.1) is 0 Å². The van der Waals surface area contributed by atoms with E-state index in [-0.39, 0.29) is 18.0 Å². The van der Waals surface area contributed by atoms with Gasteiger partial charge in [-0.05, 0) is 37.3 Å². The number of amides is 1. The number of para-hydroxylation sites is 1. The molecule has 2 aromatic carbocycles. The molecule has 0 aliphatic rings. The number of fused-ring (bicyclic) bond motifs is 2. The molecule has 0 aliphatic carbocycles. The number of H-pyrrole nitrogens is 1. The smallest absolute Gasteiger partial charge is 0.307 e. The number of aromatic amines is 1. The number of carbonyl (C=O) groups excluding carboxylic acids is 1. The molecule has 0 aliphatic heterocycles. The number of aromatic nitrogens is 3. The van der Waals surface area contributed by atoms with E-state index >= 15 is 0 Å².